The first-order valence-electron chi connectivity index (χ1n) is 8.02. The van der Waals surface area contributed by atoms with Gasteiger partial charge in [-0.15, -0.1) is 0 Å². The Morgan fingerprint density at radius 3 is 2.57 bits per heavy atom. The molecule has 0 radical (unpaired) electrons. The number of alkyl carbamates (subject to hydrolysis) is 1. The van der Waals surface area contributed by atoms with E-state index in [1.165, 1.54) is 24.0 Å². The molecule has 0 aromatic heterocycles. The second kappa shape index (κ2) is 6.97. The average molecular weight is 289 g/mol. The minimum atomic E-state index is -0.327. The fraction of sp³-hybridized carbons (Fsp3) is 0.611. The minimum absolute atomic E-state index is 0.104. The van der Waals surface area contributed by atoms with Crippen LogP contribution in [0.2, 0.25) is 0 Å². The third-order valence-electron chi connectivity index (χ3n) is 4.30. The van der Waals surface area contributed by atoms with Crippen molar-refractivity contribution >= 4 is 6.09 Å². The van der Waals surface area contributed by atoms with Crippen LogP contribution in [-0.2, 0) is 11.2 Å². The van der Waals surface area contributed by atoms with Crippen molar-refractivity contribution in [2.45, 2.75) is 65.0 Å². The van der Waals surface area contributed by atoms with Crippen LogP contribution in [0.3, 0.4) is 0 Å². The Morgan fingerprint density at radius 1 is 1.29 bits per heavy atom. The van der Waals surface area contributed by atoms with Crippen LogP contribution in [0.25, 0.3) is 0 Å². The Labute approximate surface area is 128 Å². The average Bonchev–Trinajstić information content (AvgIpc) is 2.38. The normalized spacial score (nSPS) is 22.5. The molecule has 3 nitrogen and oxygen atoms in total. The largest absolute Gasteiger partial charge is 0.446 e. The summed E-state index contributed by atoms with van der Waals surface area (Å²) < 4.78 is 5.43. The number of hydrogen-bond acceptors (Lipinski definition) is 2. The molecule has 1 saturated carbocycles. The second-order valence-corrected chi connectivity index (χ2v) is 6.58. The van der Waals surface area contributed by atoms with Crippen molar-refractivity contribution in [3.8, 4) is 0 Å². The van der Waals surface area contributed by atoms with E-state index in [1.54, 1.807) is 0 Å². The highest BCUT2D eigenvalue weighted by Crippen LogP contribution is 2.43. The van der Waals surface area contributed by atoms with E-state index < -0.39 is 0 Å². The lowest BCUT2D eigenvalue weighted by Gasteiger charge is -2.35. The van der Waals surface area contributed by atoms with Crippen molar-refractivity contribution < 1.29 is 9.53 Å². The van der Waals surface area contributed by atoms with Gasteiger partial charge in [0.25, 0.3) is 0 Å². The van der Waals surface area contributed by atoms with Gasteiger partial charge in [-0.05, 0) is 56.6 Å². The zero-order valence-electron chi connectivity index (χ0n) is 13.6. The molecule has 1 amide bonds. The zero-order chi connectivity index (χ0) is 15.4. The topological polar surface area (TPSA) is 38.3 Å². The maximum absolute atomic E-state index is 11.7. The highest BCUT2D eigenvalue weighted by molar-refractivity contribution is 5.67. The molecule has 3 unspecified atom stereocenters. The Bertz CT molecular complexity index is 484. The van der Waals surface area contributed by atoms with Crippen molar-refractivity contribution in [3.63, 3.8) is 0 Å². The van der Waals surface area contributed by atoms with Gasteiger partial charge >= 0.3 is 6.09 Å². The molecule has 1 fully saturated rings. The van der Waals surface area contributed by atoms with E-state index in [1.807, 2.05) is 20.8 Å². The van der Waals surface area contributed by atoms with Gasteiger partial charge in [-0.2, -0.15) is 0 Å². The summed E-state index contributed by atoms with van der Waals surface area (Å²) in [5.74, 6) is 1.45. The summed E-state index contributed by atoms with van der Waals surface area (Å²) in [4.78, 5) is 11.7. The predicted octanol–water partition coefficient (Wildman–Crippen LogP) is 4.27. The standard InChI is InChI=1S/C18H27NO2/c1-12(2)19-18(20)21-14(4)11-15-7-5-6-8-17(15)16-10-9-13(16)3/h5-8,12-14,16H,9-11H2,1-4H3,(H,19,20). The van der Waals surface area contributed by atoms with Crippen LogP contribution in [-0.4, -0.2) is 18.2 Å². The van der Waals surface area contributed by atoms with Gasteiger partial charge < -0.3 is 10.1 Å². The highest BCUT2D eigenvalue weighted by Gasteiger charge is 2.29. The smallest absolute Gasteiger partial charge is 0.407 e. The van der Waals surface area contributed by atoms with Crippen LogP contribution in [0.5, 0.6) is 0 Å². The van der Waals surface area contributed by atoms with Crippen LogP contribution in [0, 0.1) is 5.92 Å². The third kappa shape index (κ3) is 4.23. The van der Waals surface area contributed by atoms with Crippen molar-refractivity contribution in [1.29, 1.82) is 0 Å². The van der Waals surface area contributed by atoms with Gasteiger partial charge in [-0.1, -0.05) is 31.2 Å². The lowest BCUT2D eigenvalue weighted by atomic mass is 9.69. The van der Waals surface area contributed by atoms with Gasteiger partial charge in [-0.25, -0.2) is 4.79 Å². The number of carbonyl (C=O) groups is 1. The van der Waals surface area contributed by atoms with Crippen LogP contribution < -0.4 is 5.32 Å². The van der Waals surface area contributed by atoms with Gasteiger partial charge in [0.05, 0.1) is 0 Å². The quantitative estimate of drug-likeness (QED) is 0.879. The van der Waals surface area contributed by atoms with Gasteiger partial charge in [0.15, 0.2) is 0 Å². The van der Waals surface area contributed by atoms with Gasteiger partial charge in [-0.3, -0.25) is 0 Å². The zero-order valence-corrected chi connectivity index (χ0v) is 13.6. The molecule has 116 valence electrons. The SMILES string of the molecule is CC(C)NC(=O)OC(C)Cc1ccccc1C1CCC1C. The minimum Gasteiger partial charge on any atom is -0.446 e. The number of nitrogens with one attached hydrogen (secondary N) is 1. The van der Waals surface area contributed by atoms with E-state index in [2.05, 4.69) is 36.5 Å². The summed E-state index contributed by atoms with van der Waals surface area (Å²) in [6.07, 6.45) is 2.95. The molecule has 0 spiro atoms. The fourth-order valence-electron chi connectivity index (χ4n) is 3.01. The monoisotopic (exact) mass is 289 g/mol. The van der Waals surface area contributed by atoms with Crippen LogP contribution in [0.4, 0.5) is 4.79 Å². The first-order valence-corrected chi connectivity index (χ1v) is 8.02. The maximum Gasteiger partial charge on any atom is 0.407 e. The Hall–Kier alpha value is -1.51. The molecule has 0 bridgehead atoms. The molecule has 0 aliphatic heterocycles. The second-order valence-electron chi connectivity index (χ2n) is 6.58. The highest BCUT2D eigenvalue weighted by atomic mass is 16.6. The lowest BCUT2D eigenvalue weighted by molar-refractivity contribution is 0.104. The van der Waals surface area contributed by atoms with E-state index in [4.69, 9.17) is 4.74 Å². The molecule has 2 rings (SSSR count). The summed E-state index contributed by atoms with van der Waals surface area (Å²) in [6, 6.07) is 8.69. The Balaban J connectivity index is 1.97. The first-order chi connectivity index (χ1) is 9.97. The number of benzene rings is 1. The van der Waals surface area contributed by atoms with E-state index in [0.717, 1.165) is 12.3 Å². The van der Waals surface area contributed by atoms with Crippen molar-refractivity contribution in [2.24, 2.45) is 5.92 Å². The summed E-state index contributed by atoms with van der Waals surface area (Å²) >= 11 is 0. The van der Waals surface area contributed by atoms with Crippen LogP contribution in [0.15, 0.2) is 24.3 Å². The molecular formula is C18H27NO2. The van der Waals surface area contributed by atoms with Crippen molar-refractivity contribution in [2.75, 3.05) is 0 Å². The van der Waals surface area contributed by atoms with E-state index >= 15 is 0 Å². The molecule has 1 aliphatic carbocycles. The van der Waals surface area contributed by atoms with Crippen molar-refractivity contribution in [3.05, 3.63) is 35.4 Å². The van der Waals surface area contributed by atoms with Crippen LogP contribution in [0.1, 0.15) is 57.6 Å². The molecule has 21 heavy (non-hydrogen) atoms. The maximum atomic E-state index is 11.7. The molecule has 1 N–H and O–H groups in total. The van der Waals surface area contributed by atoms with E-state index in [-0.39, 0.29) is 18.2 Å². The van der Waals surface area contributed by atoms with Gasteiger partial charge in [0.2, 0.25) is 0 Å². The summed E-state index contributed by atoms with van der Waals surface area (Å²) in [7, 11) is 0. The molecule has 0 saturated heterocycles. The molecule has 1 aliphatic rings. The summed E-state index contributed by atoms with van der Waals surface area (Å²) in [6.45, 7) is 8.14. The van der Waals surface area contributed by atoms with E-state index in [9.17, 15) is 4.79 Å². The molecular weight excluding hydrogens is 262 g/mol. The first kappa shape index (κ1) is 15.9. The number of carbonyl (C=O) groups excluding carboxylic acids is 1. The number of ether oxygens (including phenoxy) is 1. The number of amides is 1. The van der Waals surface area contributed by atoms with Crippen LogP contribution >= 0.6 is 0 Å². The Morgan fingerprint density at radius 2 is 2.00 bits per heavy atom. The molecule has 3 atom stereocenters. The predicted molar refractivity (Wildman–Crippen MR) is 85.5 cm³/mol. The summed E-state index contributed by atoms with van der Waals surface area (Å²) in [5, 5.41) is 2.77. The number of rotatable bonds is 5. The fourth-order valence-corrected chi connectivity index (χ4v) is 3.01. The number of hydrogen-bond donors (Lipinski definition) is 1. The van der Waals surface area contributed by atoms with Crippen molar-refractivity contribution in [1.82, 2.24) is 5.32 Å². The van der Waals surface area contributed by atoms with Gasteiger partial charge in [0.1, 0.15) is 6.10 Å². The molecule has 1 aromatic carbocycles. The van der Waals surface area contributed by atoms with E-state index in [0.29, 0.717) is 5.92 Å². The lowest BCUT2D eigenvalue weighted by Crippen LogP contribution is -2.33. The molecule has 3 heteroatoms. The van der Waals surface area contributed by atoms with Gasteiger partial charge in [0, 0.05) is 12.5 Å². The molecule has 1 aromatic rings. The Kier molecular flexibility index (Phi) is 5.27. The summed E-state index contributed by atoms with van der Waals surface area (Å²) in [5.41, 5.74) is 2.76. The third-order valence-corrected chi connectivity index (χ3v) is 4.30. The molecule has 0 heterocycles.